The fourth-order valence-corrected chi connectivity index (χ4v) is 2.20. The molecule has 0 fully saturated rings. The number of methoxy groups -OCH3 is 1. The molecule has 0 spiro atoms. The molecular weight excluding hydrogens is 248 g/mol. The molecular formula is C13H18N2O2S. The quantitative estimate of drug-likeness (QED) is 0.740. The molecule has 1 rings (SSSR count). The van der Waals surface area contributed by atoms with Gasteiger partial charge in [-0.05, 0) is 24.8 Å². The van der Waals surface area contributed by atoms with Crippen LogP contribution in [0.15, 0.2) is 23.1 Å². The lowest BCUT2D eigenvalue weighted by molar-refractivity contribution is 0.174. The highest BCUT2D eigenvalue weighted by molar-refractivity contribution is 7.98. The molecule has 0 amide bonds. The summed E-state index contributed by atoms with van der Waals surface area (Å²) in [5, 5.41) is 21.7. The zero-order valence-corrected chi connectivity index (χ0v) is 11.5. The number of ether oxygens (including phenoxy) is 1. The molecule has 1 unspecified atom stereocenters. The lowest BCUT2D eigenvalue weighted by atomic mass is 10.1. The van der Waals surface area contributed by atoms with Gasteiger partial charge in [0.05, 0.1) is 23.9 Å². The number of hydrogen-bond acceptors (Lipinski definition) is 5. The van der Waals surface area contributed by atoms with Gasteiger partial charge in [0, 0.05) is 18.6 Å². The van der Waals surface area contributed by atoms with Crippen LogP contribution in [-0.4, -0.2) is 37.7 Å². The van der Waals surface area contributed by atoms with E-state index in [0.717, 1.165) is 10.6 Å². The summed E-state index contributed by atoms with van der Waals surface area (Å²) in [5.74, 6) is 0. The molecule has 0 radical (unpaired) electrons. The van der Waals surface area contributed by atoms with E-state index in [9.17, 15) is 10.4 Å². The van der Waals surface area contributed by atoms with E-state index < -0.39 is 0 Å². The summed E-state index contributed by atoms with van der Waals surface area (Å²) in [5.41, 5.74) is 1.39. The van der Waals surface area contributed by atoms with E-state index in [0.29, 0.717) is 18.6 Å². The van der Waals surface area contributed by atoms with Gasteiger partial charge in [0.25, 0.3) is 0 Å². The predicted molar refractivity (Wildman–Crippen MR) is 73.9 cm³/mol. The van der Waals surface area contributed by atoms with Crippen LogP contribution in [-0.2, 0) is 4.74 Å². The first-order valence-electron chi connectivity index (χ1n) is 5.70. The highest BCUT2D eigenvalue weighted by Gasteiger charge is 2.12. The summed E-state index contributed by atoms with van der Waals surface area (Å²) in [4.78, 5) is 0.936. The standard InChI is InChI=1S/C13H18N2O2S/c1-17-7-6-10(9-16)15-12-4-3-5-13(18-2)11(12)8-14/h3-5,10,15-16H,6-7,9H2,1-2H3. The van der Waals surface area contributed by atoms with Crippen molar-refractivity contribution in [3.05, 3.63) is 23.8 Å². The number of thioether (sulfide) groups is 1. The van der Waals surface area contributed by atoms with Crippen LogP contribution in [0, 0.1) is 11.3 Å². The van der Waals surface area contributed by atoms with Gasteiger partial charge in [-0.1, -0.05) is 6.07 Å². The van der Waals surface area contributed by atoms with E-state index in [2.05, 4.69) is 11.4 Å². The third-order valence-electron chi connectivity index (χ3n) is 2.61. The van der Waals surface area contributed by atoms with Gasteiger partial charge in [-0.2, -0.15) is 5.26 Å². The molecule has 1 aromatic carbocycles. The number of aliphatic hydroxyl groups is 1. The minimum Gasteiger partial charge on any atom is -0.394 e. The Morgan fingerprint density at radius 3 is 2.89 bits per heavy atom. The van der Waals surface area contributed by atoms with Gasteiger partial charge in [0.1, 0.15) is 6.07 Å². The predicted octanol–water partition coefficient (Wildman–Crippen LogP) is 2.09. The van der Waals surface area contributed by atoms with Gasteiger partial charge in [0.15, 0.2) is 0 Å². The summed E-state index contributed by atoms with van der Waals surface area (Å²) in [6, 6.07) is 7.77. The molecule has 0 saturated carbocycles. The number of anilines is 1. The Morgan fingerprint density at radius 1 is 1.56 bits per heavy atom. The highest BCUT2D eigenvalue weighted by Crippen LogP contribution is 2.26. The van der Waals surface area contributed by atoms with Crippen molar-refractivity contribution in [2.24, 2.45) is 0 Å². The maximum absolute atomic E-state index is 9.30. The summed E-state index contributed by atoms with van der Waals surface area (Å²) >= 11 is 1.54. The van der Waals surface area contributed by atoms with Crippen molar-refractivity contribution in [1.29, 1.82) is 5.26 Å². The van der Waals surface area contributed by atoms with Crippen molar-refractivity contribution >= 4 is 17.4 Å². The van der Waals surface area contributed by atoms with E-state index in [-0.39, 0.29) is 12.6 Å². The van der Waals surface area contributed by atoms with Gasteiger partial charge < -0.3 is 15.2 Å². The molecule has 0 heterocycles. The number of hydrogen-bond donors (Lipinski definition) is 2. The normalized spacial score (nSPS) is 11.9. The van der Waals surface area contributed by atoms with E-state index in [1.165, 1.54) is 11.8 Å². The topological polar surface area (TPSA) is 65.3 Å². The van der Waals surface area contributed by atoms with Crippen molar-refractivity contribution < 1.29 is 9.84 Å². The first-order chi connectivity index (χ1) is 8.76. The smallest absolute Gasteiger partial charge is 0.102 e. The fraction of sp³-hybridized carbons (Fsp3) is 0.462. The molecule has 0 aliphatic rings. The van der Waals surface area contributed by atoms with Crippen molar-refractivity contribution in [2.45, 2.75) is 17.4 Å². The van der Waals surface area contributed by atoms with Gasteiger partial charge >= 0.3 is 0 Å². The molecule has 0 aliphatic heterocycles. The molecule has 5 heteroatoms. The van der Waals surface area contributed by atoms with Crippen LogP contribution in [0.5, 0.6) is 0 Å². The van der Waals surface area contributed by atoms with Gasteiger partial charge in [0.2, 0.25) is 0 Å². The first kappa shape index (κ1) is 14.8. The molecule has 98 valence electrons. The Bertz CT molecular complexity index is 418. The summed E-state index contributed by atoms with van der Waals surface area (Å²) in [6.45, 7) is 0.583. The molecule has 0 aromatic heterocycles. The van der Waals surface area contributed by atoms with E-state index >= 15 is 0 Å². The molecule has 18 heavy (non-hydrogen) atoms. The van der Waals surface area contributed by atoms with E-state index in [1.54, 1.807) is 7.11 Å². The van der Waals surface area contributed by atoms with Crippen LogP contribution in [0.4, 0.5) is 5.69 Å². The Morgan fingerprint density at radius 2 is 2.33 bits per heavy atom. The maximum atomic E-state index is 9.30. The second kappa shape index (κ2) is 7.98. The minimum atomic E-state index is -0.103. The van der Waals surface area contributed by atoms with E-state index in [4.69, 9.17) is 4.74 Å². The number of nitrogens with one attached hydrogen (secondary N) is 1. The summed E-state index contributed by atoms with van der Waals surface area (Å²) in [6.07, 6.45) is 2.63. The van der Waals surface area contributed by atoms with Gasteiger partial charge in [-0.25, -0.2) is 0 Å². The average molecular weight is 266 g/mol. The van der Waals surface area contributed by atoms with Crippen LogP contribution < -0.4 is 5.32 Å². The van der Waals surface area contributed by atoms with Crippen molar-refractivity contribution in [1.82, 2.24) is 0 Å². The van der Waals surface area contributed by atoms with Crippen LogP contribution in [0.25, 0.3) is 0 Å². The summed E-state index contributed by atoms with van der Waals surface area (Å²) in [7, 11) is 1.63. The highest BCUT2D eigenvalue weighted by atomic mass is 32.2. The summed E-state index contributed by atoms with van der Waals surface area (Å²) < 4.78 is 4.99. The Balaban J connectivity index is 2.85. The third-order valence-corrected chi connectivity index (χ3v) is 3.39. The second-order valence-electron chi connectivity index (χ2n) is 3.80. The fourth-order valence-electron chi connectivity index (χ4n) is 1.63. The van der Waals surface area contributed by atoms with Crippen LogP contribution in [0.1, 0.15) is 12.0 Å². The Labute approximate surface area is 112 Å². The third kappa shape index (κ3) is 3.91. The second-order valence-corrected chi connectivity index (χ2v) is 4.65. The maximum Gasteiger partial charge on any atom is 0.102 e. The number of nitriles is 1. The lowest BCUT2D eigenvalue weighted by Crippen LogP contribution is -2.25. The number of rotatable bonds is 7. The molecule has 1 aromatic rings. The minimum absolute atomic E-state index is 0.0116. The number of nitrogens with zero attached hydrogens (tertiary/aromatic N) is 1. The number of benzene rings is 1. The van der Waals surface area contributed by atoms with Gasteiger partial charge in [-0.15, -0.1) is 11.8 Å². The molecule has 0 aliphatic carbocycles. The molecule has 2 N–H and O–H groups in total. The van der Waals surface area contributed by atoms with Crippen LogP contribution in [0.2, 0.25) is 0 Å². The van der Waals surface area contributed by atoms with Crippen molar-refractivity contribution in [2.75, 3.05) is 31.9 Å². The van der Waals surface area contributed by atoms with Crippen molar-refractivity contribution in [3.8, 4) is 6.07 Å². The molecule has 0 saturated heterocycles. The lowest BCUT2D eigenvalue weighted by Gasteiger charge is -2.18. The molecule has 4 nitrogen and oxygen atoms in total. The van der Waals surface area contributed by atoms with Crippen molar-refractivity contribution in [3.63, 3.8) is 0 Å². The Hall–Kier alpha value is -1.22. The zero-order chi connectivity index (χ0) is 13.4. The average Bonchev–Trinajstić information content (AvgIpc) is 2.42. The number of aliphatic hydroxyl groups excluding tert-OH is 1. The molecule has 0 bridgehead atoms. The SMILES string of the molecule is COCCC(CO)Nc1cccc(SC)c1C#N. The van der Waals surface area contributed by atoms with Gasteiger partial charge in [-0.3, -0.25) is 0 Å². The van der Waals surface area contributed by atoms with Crippen LogP contribution in [0.3, 0.4) is 0 Å². The van der Waals surface area contributed by atoms with Crippen LogP contribution >= 0.6 is 11.8 Å². The monoisotopic (exact) mass is 266 g/mol. The Kier molecular flexibility index (Phi) is 6.58. The zero-order valence-electron chi connectivity index (χ0n) is 10.6. The molecule has 1 atom stereocenters. The first-order valence-corrected chi connectivity index (χ1v) is 6.92. The van der Waals surface area contributed by atoms with E-state index in [1.807, 2.05) is 24.5 Å². The largest absolute Gasteiger partial charge is 0.394 e.